The topological polar surface area (TPSA) is 98.4 Å². The van der Waals surface area contributed by atoms with E-state index in [1.807, 2.05) is 0 Å². The number of nitrogens with zero attached hydrogens (tertiary/aromatic N) is 1. The minimum absolute atomic E-state index is 0.0717. The molecule has 0 saturated carbocycles. The third-order valence-corrected chi connectivity index (χ3v) is 4.83. The molecule has 0 aliphatic carbocycles. The van der Waals surface area contributed by atoms with Crippen molar-refractivity contribution in [3.8, 4) is 17.6 Å². The summed E-state index contributed by atoms with van der Waals surface area (Å²) < 4.78 is 63.1. The van der Waals surface area contributed by atoms with Gasteiger partial charge < -0.3 is 10.2 Å². The number of phenols is 2. The zero-order valence-corrected chi connectivity index (χ0v) is 13.1. The molecule has 0 aliphatic heterocycles. The average molecular weight is 369 g/mol. The number of aromatic hydroxyl groups is 2. The molecule has 0 aliphatic rings. The van der Waals surface area contributed by atoms with Crippen molar-refractivity contribution in [2.75, 3.05) is 0 Å². The molecule has 0 bridgehead atoms. The zero-order chi connectivity index (χ0) is 18.8. The van der Waals surface area contributed by atoms with Gasteiger partial charge in [-0.3, -0.25) is 0 Å². The Morgan fingerprint density at radius 1 is 1.08 bits per heavy atom. The van der Waals surface area contributed by atoms with E-state index >= 15 is 0 Å². The van der Waals surface area contributed by atoms with Crippen LogP contribution in [-0.2, 0) is 16.0 Å². The van der Waals surface area contributed by atoms with Gasteiger partial charge in [0.25, 0.3) is 0 Å². The number of nitriles is 1. The van der Waals surface area contributed by atoms with Crippen molar-refractivity contribution in [1.82, 2.24) is 0 Å². The number of alkyl halides is 3. The molecule has 2 rings (SSSR count). The van der Waals surface area contributed by atoms with Gasteiger partial charge in [-0.2, -0.15) is 18.4 Å². The summed E-state index contributed by atoms with van der Waals surface area (Å²) in [6.07, 6.45) is -3.85. The Labute approximate surface area is 140 Å². The lowest BCUT2D eigenvalue weighted by Gasteiger charge is -2.09. The third kappa shape index (κ3) is 3.92. The maximum atomic E-state index is 12.7. The Morgan fingerprint density at radius 2 is 1.76 bits per heavy atom. The van der Waals surface area contributed by atoms with Crippen LogP contribution in [0.2, 0.25) is 0 Å². The molecule has 130 valence electrons. The van der Waals surface area contributed by atoms with E-state index in [2.05, 4.69) is 0 Å². The van der Waals surface area contributed by atoms with E-state index in [-0.39, 0.29) is 5.56 Å². The Kier molecular flexibility index (Phi) is 4.76. The smallest absolute Gasteiger partial charge is 0.416 e. The fourth-order valence-electron chi connectivity index (χ4n) is 1.92. The van der Waals surface area contributed by atoms with Crippen LogP contribution in [0.5, 0.6) is 11.5 Å². The first-order valence-electron chi connectivity index (χ1n) is 6.62. The van der Waals surface area contributed by atoms with Crippen LogP contribution < -0.4 is 0 Å². The molecule has 0 heterocycles. The second-order valence-electron chi connectivity index (χ2n) is 4.90. The molecule has 0 spiro atoms. The monoisotopic (exact) mass is 369 g/mol. The molecule has 2 N–H and O–H groups in total. The molecule has 0 amide bonds. The predicted molar refractivity (Wildman–Crippen MR) is 82.0 cm³/mol. The Hall–Kier alpha value is -2.99. The van der Waals surface area contributed by atoms with Gasteiger partial charge in [-0.1, -0.05) is 12.1 Å². The van der Waals surface area contributed by atoms with Crippen LogP contribution >= 0.6 is 0 Å². The second kappa shape index (κ2) is 6.49. The van der Waals surface area contributed by atoms with E-state index in [0.717, 1.165) is 30.3 Å². The highest BCUT2D eigenvalue weighted by atomic mass is 32.2. The van der Waals surface area contributed by atoms with Crippen molar-refractivity contribution in [2.24, 2.45) is 0 Å². The minimum atomic E-state index is -4.73. The lowest BCUT2D eigenvalue weighted by atomic mass is 10.2. The molecule has 0 saturated heterocycles. The number of sulfone groups is 1. The van der Waals surface area contributed by atoms with E-state index < -0.39 is 42.9 Å². The van der Waals surface area contributed by atoms with E-state index in [1.54, 1.807) is 0 Å². The summed E-state index contributed by atoms with van der Waals surface area (Å²) in [6, 6.07) is 7.77. The summed E-state index contributed by atoms with van der Waals surface area (Å²) in [5.74, 6) is -0.987. The lowest BCUT2D eigenvalue weighted by Crippen LogP contribution is -2.08. The first-order chi connectivity index (χ1) is 11.6. The molecular formula is C16H10F3NO4S. The minimum Gasteiger partial charge on any atom is -0.504 e. The number of allylic oxidation sites excluding steroid dienone is 1. The molecule has 0 atom stereocenters. The quantitative estimate of drug-likeness (QED) is 0.638. The standard InChI is InChI=1S/C16H10F3NO4S/c17-16(18,19)11-2-1-3-12(8-11)25(23,24)13(9-20)6-10-4-5-14(21)15(22)7-10/h1-8,21-22H/b13-6-. The van der Waals surface area contributed by atoms with Gasteiger partial charge >= 0.3 is 6.18 Å². The van der Waals surface area contributed by atoms with Crippen molar-refractivity contribution in [2.45, 2.75) is 11.1 Å². The van der Waals surface area contributed by atoms with Gasteiger partial charge in [0.05, 0.1) is 10.5 Å². The molecule has 9 heteroatoms. The van der Waals surface area contributed by atoms with Crippen molar-refractivity contribution in [3.63, 3.8) is 0 Å². The number of hydrogen-bond donors (Lipinski definition) is 2. The third-order valence-electron chi connectivity index (χ3n) is 3.17. The van der Waals surface area contributed by atoms with Crippen LogP contribution in [0.1, 0.15) is 11.1 Å². The maximum Gasteiger partial charge on any atom is 0.416 e. The summed E-state index contributed by atoms with van der Waals surface area (Å²) in [4.78, 5) is -1.49. The summed E-state index contributed by atoms with van der Waals surface area (Å²) in [5, 5.41) is 27.7. The van der Waals surface area contributed by atoms with Crippen LogP contribution in [-0.4, -0.2) is 18.6 Å². The van der Waals surface area contributed by atoms with Crippen LogP contribution in [0.15, 0.2) is 52.3 Å². The van der Waals surface area contributed by atoms with Gasteiger partial charge in [0, 0.05) is 0 Å². The number of rotatable bonds is 3. The van der Waals surface area contributed by atoms with Crippen molar-refractivity contribution in [3.05, 3.63) is 58.5 Å². The van der Waals surface area contributed by atoms with Crippen molar-refractivity contribution >= 4 is 15.9 Å². The lowest BCUT2D eigenvalue weighted by molar-refractivity contribution is -0.137. The van der Waals surface area contributed by atoms with Crippen LogP contribution in [0, 0.1) is 11.3 Å². The zero-order valence-electron chi connectivity index (χ0n) is 12.3. The van der Waals surface area contributed by atoms with Gasteiger partial charge in [-0.05, 0) is 42.0 Å². The van der Waals surface area contributed by atoms with Gasteiger partial charge in [-0.25, -0.2) is 8.42 Å². The number of phenolic OH excluding ortho intramolecular Hbond substituents is 2. The molecule has 0 unspecified atom stereocenters. The molecule has 0 aromatic heterocycles. The van der Waals surface area contributed by atoms with Gasteiger partial charge in [0.1, 0.15) is 11.0 Å². The SMILES string of the molecule is N#C/C(=C/c1ccc(O)c(O)c1)S(=O)(=O)c1cccc(C(F)(F)F)c1. The molecule has 5 nitrogen and oxygen atoms in total. The average Bonchev–Trinajstić information content (AvgIpc) is 2.55. The molecule has 2 aromatic carbocycles. The maximum absolute atomic E-state index is 12.7. The summed E-state index contributed by atoms with van der Waals surface area (Å²) in [6.45, 7) is 0. The number of hydrogen-bond acceptors (Lipinski definition) is 5. The number of benzene rings is 2. The van der Waals surface area contributed by atoms with Crippen LogP contribution in [0.25, 0.3) is 6.08 Å². The van der Waals surface area contributed by atoms with Gasteiger partial charge in [-0.15, -0.1) is 0 Å². The highest BCUT2D eigenvalue weighted by Gasteiger charge is 2.32. The molecule has 0 fully saturated rings. The highest BCUT2D eigenvalue weighted by molar-refractivity contribution is 7.95. The fraction of sp³-hybridized carbons (Fsp3) is 0.0625. The van der Waals surface area contributed by atoms with E-state index in [1.165, 1.54) is 12.1 Å². The first-order valence-corrected chi connectivity index (χ1v) is 8.10. The van der Waals surface area contributed by atoms with Gasteiger partial charge in [0.15, 0.2) is 11.5 Å². The Balaban J connectivity index is 2.55. The highest BCUT2D eigenvalue weighted by Crippen LogP contribution is 2.32. The first kappa shape index (κ1) is 18.4. The second-order valence-corrected chi connectivity index (χ2v) is 6.82. The largest absolute Gasteiger partial charge is 0.504 e. The summed E-state index contributed by atoms with van der Waals surface area (Å²) in [7, 11) is -4.50. The normalized spacial score (nSPS) is 12.6. The molecule has 25 heavy (non-hydrogen) atoms. The van der Waals surface area contributed by atoms with Crippen LogP contribution in [0.4, 0.5) is 13.2 Å². The van der Waals surface area contributed by atoms with Crippen molar-refractivity contribution in [1.29, 1.82) is 5.26 Å². The van der Waals surface area contributed by atoms with E-state index in [4.69, 9.17) is 5.26 Å². The molecular weight excluding hydrogens is 359 g/mol. The summed E-state index contributed by atoms with van der Waals surface area (Å²) in [5.41, 5.74) is -1.09. The molecule has 2 aromatic rings. The van der Waals surface area contributed by atoms with Crippen LogP contribution in [0.3, 0.4) is 0 Å². The predicted octanol–water partition coefficient (Wildman–Crippen LogP) is 3.45. The Bertz CT molecular complexity index is 989. The number of halogens is 3. The van der Waals surface area contributed by atoms with E-state index in [0.29, 0.717) is 12.1 Å². The molecule has 0 radical (unpaired) electrons. The van der Waals surface area contributed by atoms with E-state index in [9.17, 15) is 31.8 Å². The summed E-state index contributed by atoms with van der Waals surface area (Å²) >= 11 is 0. The fourth-order valence-corrected chi connectivity index (χ4v) is 3.12. The van der Waals surface area contributed by atoms with Gasteiger partial charge in [0.2, 0.25) is 9.84 Å². The Morgan fingerprint density at radius 3 is 2.32 bits per heavy atom. The van der Waals surface area contributed by atoms with Crippen molar-refractivity contribution < 1.29 is 31.8 Å².